The maximum Gasteiger partial charge on any atom is 0.440 e. The number of aliphatic imine (C=N–C) groups is 1. The zero-order valence-corrected chi connectivity index (χ0v) is 26.2. The maximum atomic E-state index is 13.0. The summed E-state index contributed by atoms with van der Waals surface area (Å²) < 4.78 is 15.1. The van der Waals surface area contributed by atoms with E-state index < -0.39 is 42.3 Å². The molecule has 0 aromatic rings. The minimum Gasteiger partial charge on any atom is -0.428 e. The van der Waals surface area contributed by atoms with Crippen LogP contribution in [0.4, 0.5) is 9.59 Å². The summed E-state index contributed by atoms with van der Waals surface area (Å²) in [6, 6.07) is -1.06. The fraction of sp³-hybridized carbons (Fsp3) is 0.611. The first-order valence-corrected chi connectivity index (χ1v) is 15.4. The van der Waals surface area contributed by atoms with E-state index in [-0.39, 0.29) is 76.0 Å². The SMILES string of the molecule is BNPOC(=O)/N=C(/NC(=O)OPNB)N[C@@H]1CN(CC2=C(C(=O)OPNB)N3C(=O)C([C@@H](C)O)[C@H]3[C@H]2C)C[C@H]1O. The summed E-state index contributed by atoms with van der Waals surface area (Å²) in [6.45, 7) is 4.08. The predicted octanol–water partition coefficient (Wildman–Crippen LogP) is -4.57. The van der Waals surface area contributed by atoms with Crippen molar-refractivity contribution in [1.29, 1.82) is 0 Å². The number of nitrogens with zero attached hydrogens (tertiary/aromatic N) is 3. The molecule has 0 saturated carbocycles. The molecule has 3 heterocycles. The summed E-state index contributed by atoms with van der Waals surface area (Å²) in [5.74, 6) is -2.13. The molecule has 3 aliphatic heterocycles. The Labute approximate surface area is 245 Å². The van der Waals surface area contributed by atoms with Crippen LogP contribution in [0.5, 0.6) is 0 Å². The van der Waals surface area contributed by atoms with E-state index in [1.807, 2.05) is 11.8 Å². The van der Waals surface area contributed by atoms with Crippen molar-refractivity contribution < 1.29 is 43.0 Å². The smallest absolute Gasteiger partial charge is 0.428 e. The summed E-state index contributed by atoms with van der Waals surface area (Å²) in [4.78, 5) is 65.2. The molecule has 3 aliphatic rings. The van der Waals surface area contributed by atoms with Gasteiger partial charge in [0, 0.05) is 25.6 Å². The number of aliphatic hydroxyl groups is 2. The highest BCUT2D eigenvalue weighted by atomic mass is 31.1. The fourth-order valence-electron chi connectivity index (χ4n) is 5.07. The molecule has 0 bridgehead atoms. The Bertz CT molecular complexity index is 1080. The number of hydrogen-bond donors (Lipinski definition) is 7. The minimum atomic E-state index is -0.974. The molecule has 2 fully saturated rings. The van der Waals surface area contributed by atoms with Crippen LogP contribution >= 0.6 is 26.9 Å². The highest BCUT2D eigenvalue weighted by Gasteiger charge is 2.60. The number of carbonyl (C=O) groups is 4. The Balaban J connectivity index is 1.77. The number of nitrogens with one attached hydrogen (secondary N) is 5. The number of β-lactam (4-membered cyclic amide) rings is 1. The van der Waals surface area contributed by atoms with Gasteiger partial charge >= 0.3 is 18.2 Å². The van der Waals surface area contributed by atoms with Gasteiger partial charge in [0.1, 0.15) is 32.6 Å². The summed E-state index contributed by atoms with van der Waals surface area (Å²) in [6.07, 6.45) is -3.68. The average molecular weight is 632 g/mol. The van der Waals surface area contributed by atoms with E-state index >= 15 is 0 Å². The molecule has 2 saturated heterocycles. The molecule has 0 aromatic carbocycles. The second-order valence-electron chi connectivity index (χ2n) is 9.43. The highest BCUT2D eigenvalue weighted by Crippen LogP contribution is 2.48. The normalized spacial score (nSPS) is 27.6. The Hall–Kier alpha value is -1.87. The third-order valence-corrected chi connectivity index (χ3v) is 8.21. The summed E-state index contributed by atoms with van der Waals surface area (Å²) in [5.41, 5.74) is 0.814. The number of β-amino-alcohol motifs (C(OH)–C–C–N with tert-alkyl or cyclic N) is 1. The van der Waals surface area contributed by atoms with Crippen LogP contribution in [0.25, 0.3) is 0 Å². The van der Waals surface area contributed by atoms with Gasteiger partial charge in [0.25, 0.3) is 0 Å². The summed E-state index contributed by atoms with van der Waals surface area (Å²) >= 11 is 0. The van der Waals surface area contributed by atoms with Crippen LogP contribution in [0, 0.1) is 11.8 Å². The topological polar surface area (TPSA) is 215 Å². The van der Waals surface area contributed by atoms with Crippen molar-refractivity contribution in [2.45, 2.75) is 38.1 Å². The number of likely N-dealkylation sites (tertiary alicyclic amines) is 1. The molecular weight excluding hydrogens is 598 g/mol. The Kier molecular flexibility index (Phi) is 12.8. The lowest BCUT2D eigenvalue weighted by molar-refractivity contribution is -0.162. The van der Waals surface area contributed by atoms with Gasteiger partial charge in [0.2, 0.25) is 11.9 Å². The molecular formula is C18H34B3N8O9P3. The van der Waals surface area contributed by atoms with E-state index in [0.29, 0.717) is 5.57 Å². The van der Waals surface area contributed by atoms with E-state index in [9.17, 15) is 29.4 Å². The molecule has 23 heteroatoms. The van der Waals surface area contributed by atoms with Gasteiger partial charge in [-0.05, 0) is 12.5 Å². The molecule has 0 aromatic heterocycles. The van der Waals surface area contributed by atoms with Crippen LogP contribution in [0.15, 0.2) is 16.3 Å². The number of rotatable bonds is 11. The first-order chi connectivity index (χ1) is 19.5. The third-order valence-electron chi connectivity index (χ3n) is 6.74. The zero-order chi connectivity index (χ0) is 30.3. The number of fused-ring (bicyclic) bond motifs is 1. The monoisotopic (exact) mass is 632 g/mol. The van der Waals surface area contributed by atoms with Gasteiger partial charge in [-0.2, -0.15) is 0 Å². The molecule has 3 rings (SSSR count). The van der Waals surface area contributed by atoms with Crippen LogP contribution in [0.2, 0.25) is 0 Å². The van der Waals surface area contributed by atoms with Crippen molar-refractivity contribution >= 4 is 80.8 Å². The lowest BCUT2D eigenvalue weighted by Gasteiger charge is -2.46. The van der Waals surface area contributed by atoms with Crippen molar-refractivity contribution in [3.05, 3.63) is 11.3 Å². The molecule has 7 N–H and O–H groups in total. The number of guanidine groups is 1. The molecule has 41 heavy (non-hydrogen) atoms. The molecule has 9 atom stereocenters. The molecule has 17 nitrogen and oxygen atoms in total. The van der Waals surface area contributed by atoms with Crippen molar-refractivity contribution in [2.75, 3.05) is 19.6 Å². The maximum absolute atomic E-state index is 13.0. The molecule has 0 aliphatic carbocycles. The van der Waals surface area contributed by atoms with E-state index in [0.717, 1.165) is 0 Å². The van der Waals surface area contributed by atoms with E-state index in [4.69, 9.17) is 13.6 Å². The largest absolute Gasteiger partial charge is 0.440 e. The Morgan fingerprint density at radius 3 is 2.37 bits per heavy atom. The highest BCUT2D eigenvalue weighted by molar-refractivity contribution is 7.32. The summed E-state index contributed by atoms with van der Waals surface area (Å²) in [7, 11) is 3.81. The predicted molar refractivity (Wildman–Crippen MR) is 161 cm³/mol. The van der Waals surface area contributed by atoms with Crippen molar-refractivity contribution in [3.63, 3.8) is 0 Å². The third kappa shape index (κ3) is 8.16. The second kappa shape index (κ2) is 15.6. The second-order valence-corrected chi connectivity index (χ2v) is 12.2. The quantitative estimate of drug-likeness (QED) is 0.0286. The van der Waals surface area contributed by atoms with Gasteiger partial charge in [0.05, 0.1) is 30.2 Å². The lowest BCUT2D eigenvalue weighted by atomic mass is 9.77. The first kappa shape index (κ1) is 33.6. The van der Waals surface area contributed by atoms with Crippen molar-refractivity contribution in [2.24, 2.45) is 16.8 Å². The van der Waals surface area contributed by atoms with Crippen molar-refractivity contribution in [3.8, 4) is 0 Å². The molecule has 3 amide bonds. The standard InChI is InChI=1S/C18H34B3N8O9P3/c1-6-8(13(15(33)36-39-25-19)29-12(6)11(7(2)30)14(29)32)3-28-4-9(10(31)5-28)22-16(23-17(34)37-40-26-20)24-18(35)38-41-27-21/h6-7,9-12,25-27,30-31,39-41H,3-5,19-21H2,1-2H3,(H2,22,23,24,34,35)/t6-,7+,9+,10+,11?,12+/m0/s1. The van der Waals surface area contributed by atoms with Crippen LogP contribution in [-0.4, -0.2) is 118 Å². The Morgan fingerprint density at radius 1 is 1.10 bits per heavy atom. The van der Waals surface area contributed by atoms with Gasteiger partial charge in [-0.1, -0.05) is 6.92 Å². The fourth-order valence-corrected chi connectivity index (χ4v) is 5.84. The van der Waals surface area contributed by atoms with E-state index in [1.54, 1.807) is 30.9 Å². The lowest BCUT2D eigenvalue weighted by Crippen LogP contribution is -2.63. The van der Waals surface area contributed by atoms with Crippen LogP contribution in [-0.2, 0) is 23.2 Å². The van der Waals surface area contributed by atoms with Crippen LogP contribution < -0.4 is 25.6 Å². The van der Waals surface area contributed by atoms with Crippen LogP contribution in [0.1, 0.15) is 13.8 Å². The van der Waals surface area contributed by atoms with Gasteiger partial charge in [0.15, 0.2) is 23.9 Å². The van der Waals surface area contributed by atoms with Crippen molar-refractivity contribution in [1.82, 2.24) is 35.4 Å². The number of amides is 3. The average Bonchev–Trinajstić information content (AvgIpc) is 3.38. The van der Waals surface area contributed by atoms with Gasteiger partial charge in [-0.3, -0.25) is 15.0 Å². The van der Waals surface area contributed by atoms with Gasteiger partial charge in [-0.15, -0.1) is 4.99 Å². The number of aliphatic hydroxyl groups excluding tert-OH is 2. The number of hydrogen-bond acceptors (Lipinski definition) is 13. The van der Waals surface area contributed by atoms with Gasteiger partial charge in [-0.25, -0.2) is 14.4 Å². The molecule has 224 valence electrons. The minimum absolute atomic E-state index is 0.156. The first-order valence-electron chi connectivity index (χ1n) is 12.7. The van der Waals surface area contributed by atoms with E-state index in [2.05, 4.69) is 30.6 Å². The summed E-state index contributed by atoms with van der Waals surface area (Å²) in [5, 5.41) is 26.2. The molecule has 0 spiro atoms. The zero-order valence-electron chi connectivity index (χ0n) is 23.2. The molecule has 0 radical (unpaired) electrons. The van der Waals surface area contributed by atoms with Gasteiger partial charge < -0.3 is 49.0 Å². The van der Waals surface area contributed by atoms with E-state index in [1.165, 1.54) is 4.90 Å². The number of carbonyl (C=O) groups excluding carboxylic acids is 4. The molecule has 4 unspecified atom stereocenters. The van der Waals surface area contributed by atoms with Crippen LogP contribution in [0.3, 0.4) is 0 Å². The Morgan fingerprint density at radius 2 is 1.73 bits per heavy atom.